The Balaban J connectivity index is 2.08. The first-order valence-electron chi connectivity index (χ1n) is 6.48. The third-order valence-electron chi connectivity index (χ3n) is 3.39. The Labute approximate surface area is 114 Å². The van der Waals surface area contributed by atoms with Gasteiger partial charge in [0.05, 0.1) is 11.5 Å². The summed E-state index contributed by atoms with van der Waals surface area (Å²) in [4.78, 5) is 0.223. The van der Waals surface area contributed by atoms with Crippen LogP contribution in [0, 0.1) is 5.92 Å². The Morgan fingerprint density at radius 1 is 1.47 bits per heavy atom. The van der Waals surface area contributed by atoms with Gasteiger partial charge in [0.1, 0.15) is 0 Å². The average Bonchev–Trinajstić information content (AvgIpc) is 2.89. The maximum atomic E-state index is 12.1. The van der Waals surface area contributed by atoms with Crippen molar-refractivity contribution >= 4 is 15.7 Å². The van der Waals surface area contributed by atoms with Crippen LogP contribution in [0.3, 0.4) is 0 Å². The van der Waals surface area contributed by atoms with Gasteiger partial charge in [0.15, 0.2) is 0 Å². The first-order valence-corrected chi connectivity index (χ1v) is 7.97. The number of nitrogens with one attached hydrogen (secondary N) is 1. The van der Waals surface area contributed by atoms with Crippen molar-refractivity contribution in [3.05, 3.63) is 23.8 Å². The van der Waals surface area contributed by atoms with E-state index in [1.54, 1.807) is 12.1 Å². The molecule has 1 aromatic rings. The van der Waals surface area contributed by atoms with Crippen LogP contribution in [-0.2, 0) is 21.2 Å². The van der Waals surface area contributed by atoms with Crippen LogP contribution in [0.4, 0.5) is 5.69 Å². The first-order chi connectivity index (χ1) is 9.03. The van der Waals surface area contributed by atoms with E-state index in [2.05, 4.69) is 4.72 Å². The van der Waals surface area contributed by atoms with Crippen LogP contribution in [0.15, 0.2) is 23.1 Å². The van der Waals surface area contributed by atoms with Crippen LogP contribution in [0.25, 0.3) is 0 Å². The summed E-state index contributed by atoms with van der Waals surface area (Å²) in [5, 5.41) is 0. The molecule has 0 aromatic heterocycles. The van der Waals surface area contributed by atoms with Gasteiger partial charge in [0, 0.05) is 18.8 Å². The highest BCUT2D eigenvalue weighted by Crippen LogP contribution is 2.19. The number of ether oxygens (including phenoxy) is 1. The van der Waals surface area contributed by atoms with Crippen LogP contribution in [0.1, 0.15) is 18.9 Å². The predicted octanol–water partition coefficient (Wildman–Crippen LogP) is 1.15. The van der Waals surface area contributed by atoms with Crippen molar-refractivity contribution in [2.24, 2.45) is 5.92 Å². The second kappa shape index (κ2) is 5.90. The van der Waals surface area contributed by atoms with Crippen LogP contribution >= 0.6 is 0 Å². The number of rotatable bonds is 5. The topological polar surface area (TPSA) is 81.4 Å². The van der Waals surface area contributed by atoms with Gasteiger partial charge in [-0.1, -0.05) is 13.0 Å². The van der Waals surface area contributed by atoms with E-state index >= 15 is 0 Å². The molecule has 1 aromatic carbocycles. The molecule has 1 heterocycles. The second-order valence-corrected chi connectivity index (χ2v) is 6.56. The Hall–Kier alpha value is -1.11. The zero-order valence-electron chi connectivity index (χ0n) is 11.1. The highest BCUT2D eigenvalue weighted by atomic mass is 32.2. The molecule has 1 aliphatic rings. The molecule has 0 bridgehead atoms. The van der Waals surface area contributed by atoms with E-state index in [1.807, 2.05) is 6.92 Å². The Morgan fingerprint density at radius 3 is 2.84 bits per heavy atom. The van der Waals surface area contributed by atoms with E-state index in [-0.39, 0.29) is 10.8 Å². The average molecular weight is 284 g/mol. The Kier molecular flexibility index (Phi) is 4.44. The molecule has 106 valence electrons. The molecule has 0 spiro atoms. The minimum atomic E-state index is -3.48. The van der Waals surface area contributed by atoms with E-state index in [0.29, 0.717) is 25.4 Å². The fourth-order valence-electron chi connectivity index (χ4n) is 2.12. The molecule has 3 N–H and O–H groups in total. The summed E-state index contributed by atoms with van der Waals surface area (Å²) >= 11 is 0. The van der Waals surface area contributed by atoms with Crippen LogP contribution in [0.2, 0.25) is 0 Å². The fraction of sp³-hybridized carbons (Fsp3) is 0.538. The summed E-state index contributed by atoms with van der Waals surface area (Å²) in [7, 11) is -3.48. The summed E-state index contributed by atoms with van der Waals surface area (Å²) in [6, 6.07) is 4.89. The number of hydrogen-bond donors (Lipinski definition) is 2. The van der Waals surface area contributed by atoms with Gasteiger partial charge in [-0.2, -0.15) is 0 Å². The van der Waals surface area contributed by atoms with Gasteiger partial charge >= 0.3 is 0 Å². The van der Waals surface area contributed by atoms with Crippen molar-refractivity contribution in [3.8, 4) is 0 Å². The second-order valence-electron chi connectivity index (χ2n) is 4.80. The summed E-state index contributed by atoms with van der Waals surface area (Å²) in [6.45, 7) is 3.74. The molecule has 1 atom stereocenters. The molecule has 0 radical (unpaired) electrons. The molecule has 0 aliphatic carbocycles. The van der Waals surface area contributed by atoms with Crippen LogP contribution in [0.5, 0.6) is 0 Å². The first kappa shape index (κ1) is 14.3. The Bertz CT molecular complexity index is 537. The molecule has 1 saturated heterocycles. The largest absolute Gasteiger partial charge is 0.398 e. The minimum absolute atomic E-state index is 0.223. The standard InChI is InChI=1S/C13H20N2O3S/c1-2-11-3-4-12(7-13(11)14)19(16,17)15-8-10-5-6-18-9-10/h3-4,7,10,15H,2,5-6,8-9,14H2,1H3. The predicted molar refractivity (Wildman–Crippen MR) is 74.3 cm³/mol. The highest BCUT2D eigenvalue weighted by Gasteiger charge is 2.20. The number of hydrogen-bond acceptors (Lipinski definition) is 4. The van der Waals surface area contributed by atoms with E-state index in [1.165, 1.54) is 6.07 Å². The van der Waals surface area contributed by atoms with Gasteiger partial charge in [-0.15, -0.1) is 0 Å². The third-order valence-corrected chi connectivity index (χ3v) is 4.82. The number of nitrogen functional groups attached to an aromatic ring is 1. The summed E-state index contributed by atoms with van der Waals surface area (Å²) < 4.78 is 32.1. The van der Waals surface area contributed by atoms with E-state index < -0.39 is 10.0 Å². The van der Waals surface area contributed by atoms with Crippen molar-refractivity contribution in [1.82, 2.24) is 4.72 Å². The van der Waals surface area contributed by atoms with Crippen LogP contribution < -0.4 is 10.5 Å². The smallest absolute Gasteiger partial charge is 0.240 e. The van der Waals surface area contributed by atoms with Gasteiger partial charge in [-0.05, 0) is 36.5 Å². The lowest BCUT2D eigenvalue weighted by Gasteiger charge is -2.11. The lowest BCUT2D eigenvalue weighted by molar-refractivity contribution is 0.186. The molecular formula is C13H20N2O3S. The molecule has 0 amide bonds. The molecule has 2 rings (SSSR count). The fourth-order valence-corrected chi connectivity index (χ4v) is 3.27. The summed E-state index contributed by atoms with van der Waals surface area (Å²) in [5.74, 6) is 0.266. The SMILES string of the molecule is CCc1ccc(S(=O)(=O)NCC2CCOC2)cc1N. The molecule has 0 saturated carbocycles. The molecule has 6 heteroatoms. The van der Waals surface area contributed by atoms with E-state index in [0.717, 1.165) is 18.4 Å². The normalized spacial score (nSPS) is 19.7. The van der Waals surface area contributed by atoms with Crippen molar-refractivity contribution in [3.63, 3.8) is 0 Å². The van der Waals surface area contributed by atoms with Gasteiger partial charge in [0.2, 0.25) is 10.0 Å². The Morgan fingerprint density at radius 2 is 2.26 bits per heavy atom. The lowest BCUT2D eigenvalue weighted by Crippen LogP contribution is -2.29. The third kappa shape index (κ3) is 3.46. The van der Waals surface area contributed by atoms with Crippen LogP contribution in [-0.4, -0.2) is 28.2 Å². The molecule has 5 nitrogen and oxygen atoms in total. The summed E-state index contributed by atoms with van der Waals surface area (Å²) in [6.07, 6.45) is 1.69. The van der Waals surface area contributed by atoms with Gasteiger partial charge < -0.3 is 10.5 Å². The number of nitrogens with two attached hydrogens (primary N) is 1. The van der Waals surface area contributed by atoms with Crippen molar-refractivity contribution in [1.29, 1.82) is 0 Å². The van der Waals surface area contributed by atoms with Gasteiger partial charge in [-0.3, -0.25) is 0 Å². The molecule has 19 heavy (non-hydrogen) atoms. The molecule has 1 unspecified atom stereocenters. The van der Waals surface area contributed by atoms with Gasteiger partial charge in [-0.25, -0.2) is 13.1 Å². The number of aryl methyl sites for hydroxylation is 1. The minimum Gasteiger partial charge on any atom is -0.398 e. The highest BCUT2D eigenvalue weighted by molar-refractivity contribution is 7.89. The quantitative estimate of drug-likeness (QED) is 0.795. The zero-order chi connectivity index (χ0) is 13.9. The number of benzene rings is 1. The monoisotopic (exact) mass is 284 g/mol. The number of sulfonamides is 1. The molecule has 1 aliphatic heterocycles. The van der Waals surface area contributed by atoms with Gasteiger partial charge in [0.25, 0.3) is 0 Å². The van der Waals surface area contributed by atoms with Crippen molar-refractivity contribution < 1.29 is 13.2 Å². The summed E-state index contributed by atoms with van der Waals surface area (Å²) in [5.41, 5.74) is 7.32. The van der Waals surface area contributed by atoms with E-state index in [4.69, 9.17) is 10.5 Å². The molecule has 1 fully saturated rings. The lowest BCUT2D eigenvalue weighted by atomic mass is 10.1. The number of anilines is 1. The van der Waals surface area contributed by atoms with Crippen molar-refractivity contribution in [2.45, 2.75) is 24.7 Å². The molecular weight excluding hydrogens is 264 g/mol. The zero-order valence-corrected chi connectivity index (χ0v) is 11.9. The maximum absolute atomic E-state index is 12.1. The van der Waals surface area contributed by atoms with Crippen molar-refractivity contribution in [2.75, 3.05) is 25.5 Å². The maximum Gasteiger partial charge on any atom is 0.240 e. The van der Waals surface area contributed by atoms with E-state index in [9.17, 15) is 8.42 Å².